The minimum Gasteiger partial charge on any atom is -0.744 e. The maximum Gasteiger partial charge on any atom is 0.416 e. The van der Waals surface area contributed by atoms with Crippen LogP contribution in [0.4, 0.5) is 35.1 Å². The minimum atomic E-state index is -5.77. The van der Waals surface area contributed by atoms with Crippen LogP contribution < -0.4 is 0 Å². The van der Waals surface area contributed by atoms with Gasteiger partial charge in [-0.05, 0) is 48.5 Å². The zero-order valence-corrected chi connectivity index (χ0v) is 20.3. The molecular formula is C25H14F8O3S2. The highest BCUT2D eigenvalue weighted by Crippen LogP contribution is 2.34. The molecule has 0 heterocycles. The molecule has 0 aromatic heterocycles. The van der Waals surface area contributed by atoms with Crippen LogP contribution in [0.5, 0.6) is 0 Å². The summed E-state index contributed by atoms with van der Waals surface area (Å²) in [5.74, 6) is -12.8. The second kappa shape index (κ2) is 11.5. The molecule has 0 N–H and O–H groups in total. The van der Waals surface area contributed by atoms with Crippen molar-refractivity contribution >= 4 is 21.0 Å². The molecule has 0 radical (unpaired) electrons. The van der Waals surface area contributed by atoms with Crippen LogP contribution in [0.1, 0.15) is 5.56 Å². The van der Waals surface area contributed by atoms with Gasteiger partial charge in [0.15, 0.2) is 38.0 Å². The molecule has 4 rings (SSSR count). The molecule has 4 aromatic carbocycles. The van der Waals surface area contributed by atoms with E-state index in [1.807, 2.05) is 60.7 Å². The maximum atomic E-state index is 12.8. The lowest BCUT2D eigenvalue weighted by atomic mass is 10.2. The number of hydrogen-bond acceptors (Lipinski definition) is 3. The van der Waals surface area contributed by atoms with Crippen LogP contribution in [0.2, 0.25) is 0 Å². The Kier molecular flexibility index (Phi) is 8.85. The molecule has 0 spiro atoms. The average molecular weight is 579 g/mol. The minimum absolute atomic E-state index is 0.417. The van der Waals surface area contributed by atoms with Gasteiger partial charge in [-0.1, -0.05) is 36.4 Å². The van der Waals surface area contributed by atoms with Crippen molar-refractivity contribution in [2.45, 2.75) is 25.8 Å². The van der Waals surface area contributed by atoms with Gasteiger partial charge < -0.3 is 4.55 Å². The third kappa shape index (κ3) is 6.52. The largest absolute Gasteiger partial charge is 0.744 e. The Bertz CT molecular complexity index is 1440. The quantitative estimate of drug-likeness (QED) is 0.0855. The van der Waals surface area contributed by atoms with Gasteiger partial charge in [0.1, 0.15) is 15.0 Å². The second-order valence-corrected chi connectivity index (χ2v) is 10.7. The van der Waals surface area contributed by atoms with Gasteiger partial charge >= 0.3 is 6.18 Å². The van der Waals surface area contributed by atoms with E-state index in [1.54, 1.807) is 12.1 Å². The number of rotatable bonds is 4. The Morgan fingerprint density at radius 3 is 1.24 bits per heavy atom. The lowest BCUT2D eigenvalue weighted by Gasteiger charge is -2.10. The fourth-order valence-corrected chi connectivity index (χ4v) is 5.81. The molecule has 0 bridgehead atoms. The summed E-state index contributed by atoms with van der Waals surface area (Å²) >= 11 is 0. The van der Waals surface area contributed by atoms with Gasteiger partial charge in [0, 0.05) is 0 Å². The maximum absolute atomic E-state index is 12.8. The van der Waals surface area contributed by atoms with Crippen molar-refractivity contribution in [2.24, 2.45) is 0 Å². The fraction of sp³-hybridized carbons (Fsp3) is 0.0400. The summed E-state index contributed by atoms with van der Waals surface area (Å²) in [5.41, 5.74) is -0.620. The molecular weight excluding hydrogens is 564 g/mol. The lowest BCUT2D eigenvalue weighted by molar-refractivity contribution is -0.137. The van der Waals surface area contributed by atoms with Crippen LogP contribution in [0.25, 0.3) is 0 Å². The van der Waals surface area contributed by atoms with Crippen molar-refractivity contribution in [1.29, 1.82) is 0 Å². The smallest absolute Gasteiger partial charge is 0.416 e. The molecule has 0 saturated carbocycles. The van der Waals surface area contributed by atoms with E-state index in [-0.39, 0.29) is 0 Å². The van der Waals surface area contributed by atoms with Crippen LogP contribution in [-0.4, -0.2) is 13.0 Å². The van der Waals surface area contributed by atoms with Gasteiger partial charge in [-0.3, -0.25) is 0 Å². The molecule has 0 fully saturated rings. The summed E-state index contributed by atoms with van der Waals surface area (Å²) in [6.45, 7) is 0. The highest BCUT2D eigenvalue weighted by Gasteiger charge is 2.33. The molecule has 3 nitrogen and oxygen atoms in total. The van der Waals surface area contributed by atoms with Crippen LogP contribution in [-0.2, 0) is 27.2 Å². The Balaban J connectivity index is 0.000000232. The molecule has 0 saturated heterocycles. The van der Waals surface area contributed by atoms with E-state index >= 15 is 0 Å². The molecule has 200 valence electrons. The first kappa shape index (κ1) is 29.1. The molecule has 4 aromatic rings. The predicted molar refractivity (Wildman–Crippen MR) is 121 cm³/mol. The number of hydrogen-bond donors (Lipinski definition) is 0. The van der Waals surface area contributed by atoms with Crippen molar-refractivity contribution in [3.8, 4) is 0 Å². The first-order valence-electron chi connectivity index (χ1n) is 10.2. The lowest BCUT2D eigenvalue weighted by Crippen LogP contribution is -2.12. The summed E-state index contributed by atoms with van der Waals surface area (Å²) in [5, 5.41) is 0. The van der Waals surface area contributed by atoms with E-state index < -0.39 is 66.7 Å². The standard InChI is InChI=1S/C19H14F3S.C6HF5O3S/c20-19(21,22)15-11-13-18(14-12-15)23(16-7-3-1-4-8-16)17-9-5-2-6-10-17;7-1-2(8)4(10)6(15(12,13)14)5(11)3(1)9/h1-14H;(H,12,13,14)/q+1;/p-1. The van der Waals surface area contributed by atoms with Crippen LogP contribution in [0.3, 0.4) is 0 Å². The molecule has 0 aliphatic rings. The fourth-order valence-electron chi connectivity index (χ4n) is 3.11. The second-order valence-electron chi connectivity index (χ2n) is 7.31. The van der Waals surface area contributed by atoms with E-state index in [1.165, 1.54) is 0 Å². The van der Waals surface area contributed by atoms with E-state index in [2.05, 4.69) is 0 Å². The molecule has 0 aliphatic heterocycles. The first-order valence-corrected chi connectivity index (χ1v) is 12.9. The van der Waals surface area contributed by atoms with E-state index in [4.69, 9.17) is 0 Å². The normalized spacial score (nSPS) is 11.7. The van der Waals surface area contributed by atoms with Gasteiger partial charge in [-0.2, -0.15) is 13.2 Å². The Morgan fingerprint density at radius 1 is 0.553 bits per heavy atom. The number of benzene rings is 4. The summed E-state index contributed by atoms with van der Waals surface area (Å²) in [4.78, 5) is 0.659. The van der Waals surface area contributed by atoms with Gasteiger partial charge in [-0.15, -0.1) is 0 Å². The van der Waals surface area contributed by atoms with E-state index in [0.717, 1.165) is 26.8 Å². The summed E-state index contributed by atoms with van der Waals surface area (Å²) in [6.07, 6.45) is -4.31. The van der Waals surface area contributed by atoms with E-state index in [0.29, 0.717) is 0 Å². The first-order chi connectivity index (χ1) is 17.7. The van der Waals surface area contributed by atoms with Gasteiger partial charge in [-0.25, -0.2) is 30.4 Å². The highest BCUT2D eigenvalue weighted by atomic mass is 32.2. The average Bonchev–Trinajstić information content (AvgIpc) is 2.87. The Labute approximate surface area is 214 Å². The van der Waals surface area contributed by atoms with Gasteiger partial charge in [0.05, 0.1) is 16.5 Å². The highest BCUT2D eigenvalue weighted by molar-refractivity contribution is 7.97. The Hall–Kier alpha value is -3.42. The predicted octanol–water partition coefficient (Wildman–Crippen LogP) is 7.09. The number of alkyl halides is 3. The number of halogens is 8. The van der Waals surface area contributed by atoms with Gasteiger partial charge in [0.2, 0.25) is 5.82 Å². The van der Waals surface area contributed by atoms with Gasteiger partial charge in [0.25, 0.3) is 0 Å². The topological polar surface area (TPSA) is 57.2 Å². The molecule has 38 heavy (non-hydrogen) atoms. The van der Waals surface area contributed by atoms with Crippen molar-refractivity contribution < 1.29 is 48.1 Å². The van der Waals surface area contributed by atoms with Crippen LogP contribution >= 0.6 is 0 Å². The summed E-state index contributed by atoms with van der Waals surface area (Å²) < 4.78 is 131. The van der Waals surface area contributed by atoms with E-state index in [9.17, 15) is 48.1 Å². The van der Waals surface area contributed by atoms with Crippen molar-refractivity contribution in [1.82, 2.24) is 0 Å². The molecule has 0 amide bonds. The SMILES string of the molecule is FC(F)(F)c1ccc([S+](c2ccccc2)c2ccccc2)cc1.O=S(=O)([O-])c1c(F)c(F)c(F)c(F)c1F. The Morgan fingerprint density at radius 2 is 0.895 bits per heavy atom. The zero-order chi connectivity index (χ0) is 28.3. The third-order valence-electron chi connectivity index (χ3n) is 4.79. The summed E-state index contributed by atoms with van der Waals surface area (Å²) in [7, 11) is -6.19. The molecule has 0 unspecified atom stereocenters. The van der Waals surface area contributed by atoms with Crippen molar-refractivity contribution in [2.75, 3.05) is 0 Å². The van der Waals surface area contributed by atoms with Crippen LogP contribution in [0.15, 0.2) is 105 Å². The monoisotopic (exact) mass is 578 g/mol. The van der Waals surface area contributed by atoms with Crippen LogP contribution in [0, 0.1) is 29.1 Å². The van der Waals surface area contributed by atoms with Crippen molar-refractivity contribution in [3.05, 3.63) is 120 Å². The molecule has 0 aliphatic carbocycles. The van der Waals surface area contributed by atoms with Crippen molar-refractivity contribution in [3.63, 3.8) is 0 Å². The zero-order valence-electron chi connectivity index (χ0n) is 18.6. The molecule has 0 atom stereocenters. The molecule has 13 heteroatoms. The third-order valence-corrected chi connectivity index (χ3v) is 7.88. The summed E-state index contributed by atoms with van der Waals surface area (Å²) in [6, 6.07) is 25.1.